The standard InChI is InChI=1S/C28H34N2O/c1-3-5-8-16-24-22(13-4-2)17-18-25-26(24)21-30(27(25)29-19-11-7-12-20-29)28(31)23-14-9-6-10-15-23/h6,9-10,14-15,17-18,27H,3-5,7,11-13,19-21H2,1-2H3. The van der Waals surface area contributed by atoms with E-state index < -0.39 is 0 Å². The second-order valence-corrected chi connectivity index (χ2v) is 8.74. The molecule has 2 aromatic rings. The molecule has 1 atom stereocenters. The second kappa shape index (κ2) is 10.2. The second-order valence-electron chi connectivity index (χ2n) is 8.74. The summed E-state index contributed by atoms with van der Waals surface area (Å²) >= 11 is 0. The molecule has 0 radical (unpaired) electrons. The number of fused-ring (bicyclic) bond motifs is 1. The maximum absolute atomic E-state index is 13.6. The van der Waals surface area contributed by atoms with E-state index in [-0.39, 0.29) is 12.1 Å². The fraction of sp³-hybridized carbons (Fsp3) is 0.464. The van der Waals surface area contributed by atoms with Crippen LogP contribution in [0.1, 0.15) is 91.1 Å². The first-order valence-electron chi connectivity index (χ1n) is 12.0. The largest absolute Gasteiger partial charge is 0.314 e. The zero-order chi connectivity index (χ0) is 21.6. The van der Waals surface area contributed by atoms with Crippen LogP contribution in [-0.4, -0.2) is 28.8 Å². The molecular formula is C28H34N2O. The van der Waals surface area contributed by atoms with Gasteiger partial charge in [0, 0.05) is 37.2 Å². The SMILES string of the molecule is CCCC#Cc1c(CCC)ccc2c1CN(C(=O)c1ccccc1)C2N1CCCCC1. The summed E-state index contributed by atoms with van der Waals surface area (Å²) in [6.45, 7) is 7.15. The molecule has 1 fully saturated rings. The van der Waals surface area contributed by atoms with Crippen LogP contribution in [0.3, 0.4) is 0 Å². The van der Waals surface area contributed by atoms with Crippen molar-refractivity contribution in [3.63, 3.8) is 0 Å². The molecule has 1 amide bonds. The highest BCUT2D eigenvalue weighted by molar-refractivity contribution is 5.95. The molecule has 31 heavy (non-hydrogen) atoms. The Bertz CT molecular complexity index is 964. The maximum Gasteiger partial charge on any atom is 0.255 e. The molecule has 0 N–H and O–H groups in total. The van der Waals surface area contributed by atoms with Gasteiger partial charge in [-0.3, -0.25) is 9.69 Å². The van der Waals surface area contributed by atoms with Crippen LogP contribution in [0.2, 0.25) is 0 Å². The Morgan fingerprint density at radius 1 is 1.00 bits per heavy atom. The van der Waals surface area contributed by atoms with Gasteiger partial charge in [0.15, 0.2) is 0 Å². The summed E-state index contributed by atoms with van der Waals surface area (Å²) in [6, 6.07) is 14.3. The summed E-state index contributed by atoms with van der Waals surface area (Å²) in [5.41, 5.74) is 5.83. The van der Waals surface area contributed by atoms with Crippen LogP contribution in [-0.2, 0) is 13.0 Å². The van der Waals surface area contributed by atoms with Crippen LogP contribution in [0.4, 0.5) is 0 Å². The fourth-order valence-electron chi connectivity index (χ4n) is 4.94. The van der Waals surface area contributed by atoms with E-state index in [2.05, 4.69) is 47.6 Å². The molecule has 2 aliphatic rings. The van der Waals surface area contributed by atoms with Gasteiger partial charge in [-0.25, -0.2) is 0 Å². The number of rotatable bonds is 5. The highest BCUT2D eigenvalue weighted by atomic mass is 16.2. The molecule has 0 bridgehead atoms. The Morgan fingerprint density at radius 3 is 2.48 bits per heavy atom. The van der Waals surface area contributed by atoms with Crippen molar-refractivity contribution >= 4 is 5.91 Å². The minimum Gasteiger partial charge on any atom is -0.314 e. The van der Waals surface area contributed by atoms with Crippen LogP contribution in [0.25, 0.3) is 0 Å². The maximum atomic E-state index is 13.6. The normalized spacial score (nSPS) is 18.4. The highest BCUT2D eigenvalue weighted by Crippen LogP contribution is 2.41. The van der Waals surface area contributed by atoms with Gasteiger partial charge >= 0.3 is 0 Å². The number of nitrogens with zero attached hydrogens (tertiary/aromatic N) is 2. The molecule has 4 rings (SSSR count). The topological polar surface area (TPSA) is 23.6 Å². The quantitative estimate of drug-likeness (QED) is 0.566. The van der Waals surface area contributed by atoms with E-state index in [1.807, 2.05) is 30.3 Å². The van der Waals surface area contributed by atoms with Crippen molar-refractivity contribution in [2.24, 2.45) is 0 Å². The van der Waals surface area contributed by atoms with Gasteiger partial charge in [-0.05, 0) is 54.5 Å². The van der Waals surface area contributed by atoms with E-state index in [1.54, 1.807) is 0 Å². The van der Waals surface area contributed by atoms with Crippen LogP contribution in [0.15, 0.2) is 42.5 Å². The summed E-state index contributed by atoms with van der Waals surface area (Å²) in [4.78, 5) is 18.2. The fourth-order valence-corrected chi connectivity index (χ4v) is 4.94. The number of amides is 1. The van der Waals surface area contributed by atoms with Crippen molar-refractivity contribution in [1.82, 2.24) is 9.80 Å². The van der Waals surface area contributed by atoms with Gasteiger partial charge in [-0.1, -0.05) is 68.9 Å². The summed E-state index contributed by atoms with van der Waals surface area (Å²) in [5.74, 6) is 7.02. The molecule has 2 aromatic carbocycles. The predicted molar refractivity (Wildman–Crippen MR) is 127 cm³/mol. The Balaban J connectivity index is 1.78. The Morgan fingerprint density at radius 2 is 1.77 bits per heavy atom. The first-order chi connectivity index (χ1) is 15.2. The Hall–Kier alpha value is -2.57. The number of benzene rings is 2. The van der Waals surface area contributed by atoms with Gasteiger partial charge in [0.1, 0.15) is 6.17 Å². The molecule has 2 aliphatic heterocycles. The molecule has 0 aliphatic carbocycles. The number of carbonyl (C=O) groups is 1. The predicted octanol–water partition coefficient (Wildman–Crippen LogP) is 5.93. The zero-order valence-corrected chi connectivity index (χ0v) is 19.0. The molecule has 3 nitrogen and oxygen atoms in total. The van der Waals surface area contributed by atoms with Gasteiger partial charge in [0.25, 0.3) is 5.91 Å². The lowest BCUT2D eigenvalue weighted by Crippen LogP contribution is -2.43. The zero-order valence-electron chi connectivity index (χ0n) is 19.0. The van der Waals surface area contributed by atoms with Crippen LogP contribution < -0.4 is 0 Å². The minimum absolute atomic E-state index is 0.0189. The summed E-state index contributed by atoms with van der Waals surface area (Å²) in [7, 11) is 0. The van der Waals surface area contributed by atoms with Crippen LogP contribution in [0, 0.1) is 11.8 Å². The third-order valence-electron chi connectivity index (χ3n) is 6.46. The number of aryl methyl sites for hydroxylation is 1. The van der Waals surface area contributed by atoms with Crippen LogP contribution >= 0.6 is 0 Å². The Labute approximate surface area is 187 Å². The monoisotopic (exact) mass is 414 g/mol. The van der Waals surface area contributed by atoms with Gasteiger partial charge < -0.3 is 4.90 Å². The number of hydrogen-bond donors (Lipinski definition) is 0. The molecule has 0 saturated carbocycles. The number of piperidine rings is 1. The van der Waals surface area contributed by atoms with E-state index in [0.29, 0.717) is 6.54 Å². The lowest BCUT2D eigenvalue weighted by Gasteiger charge is -2.38. The van der Waals surface area contributed by atoms with Gasteiger partial charge in [-0.2, -0.15) is 0 Å². The first-order valence-corrected chi connectivity index (χ1v) is 12.0. The summed E-state index contributed by atoms with van der Waals surface area (Å²) in [6.07, 6.45) is 7.83. The molecule has 1 unspecified atom stereocenters. The van der Waals surface area contributed by atoms with Crippen molar-refractivity contribution < 1.29 is 4.79 Å². The summed E-state index contributed by atoms with van der Waals surface area (Å²) < 4.78 is 0. The van der Waals surface area contributed by atoms with Crippen molar-refractivity contribution in [1.29, 1.82) is 0 Å². The number of likely N-dealkylation sites (tertiary alicyclic amines) is 1. The average Bonchev–Trinajstić information content (AvgIpc) is 3.21. The molecule has 1 saturated heterocycles. The van der Waals surface area contributed by atoms with Crippen molar-refractivity contribution in [3.8, 4) is 11.8 Å². The third kappa shape index (κ3) is 4.55. The average molecular weight is 415 g/mol. The molecule has 162 valence electrons. The van der Waals surface area contributed by atoms with E-state index in [1.165, 1.54) is 41.5 Å². The lowest BCUT2D eigenvalue weighted by atomic mass is 9.94. The van der Waals surface area contributed by atoms with Crippen LogP contribution in [0.5, 0.6) is 0 Å². The summed E-state index contributed by atoms with van der Waals surface area (Å²) in [5, 5.41) is 0. The lowest BCUT2D eigenvalue weighted by molar-refractivity contribution is 0.0286. The molecule has 0 aromatic heterocycles. The van der Waals surface area contributed by atoms with Crippen molar-refractivity contribution in [2.75, 3.05) is 13.1 Å². The van der Waals surface area contributed by atoms with E-state index in [9.17, 15) is 4.79 Å². The molecule has 3 heteroatoms. The number of carbonyl (C=O) groups excluding carboxylic acids is 1. The number of unbranched alkanes of at least 4 members (excludes halogenated alkanes) is 1. The van der Waals surface area contributed by atoms with E-state index in [4.69, 9.17) is 0 Å². The van der Waals surface area contributed by atoms with Gasteiger partial charge in [0.05, 0.1) is 0 Å². The van der Waals surface area contributed by atoms with E-state index in [0.717, 1.165) is 44.3 Å². The minimum atomic E-state index is 0.0189. The first kappa shape index (κ1) is 21.7. The van der Waals surface area contributed by atoms with Gasteiger partial charge in [-0.15, -0.1) is 0 Å². The van der Waals surface area contributed by atoms with E-state index >= 15 is 0 Å². The molecule has 0 spiro atoms. The van der Waals surface area contributed by atoms with Gasteiger partial charge in [0.2, 0.25) is 0 Å². The smallest absolute Gasteiger partial charge is 0.255 e. The molecule has 2 heterocycles. The third-order valence-corrected chi connectivity index (χ3v) is 6.46. The molecular weight excluding hydrogens is 380 g/mol. The van der Waals surface area contributed by atoms with Crippen molar-refractivity contribution in [2.45, 2.75) is 71.5 Å². The Kier molecular flexibility index (Phi) is 7.10. The highest BCUT2D eigenvalue weighted by Gasteiger charge is 2.39. The number of hydrogen-bond acceptors (Lipinski definition) is 2. The van der Waals surface area contributed by atoms with Crippen molar-refractivity contribution in [3.05, 3.63) is 70.3 Å².